The molecule has 0 saturated carbocycles. The van der Waals surface area contributed by atoms with E-state index in [0.717, 1.165) is 12.0 Å². The molecule has 0 aliphatic rings. The van der Waals surface area contributed by atoms with Gasteiger partial charge in [0.25, 0.3) is 5.56 Å². The fourth-order valence-electron chi connectivity index (χ4n) is 3.75. The van der Waals surface area contributed by atoms with Crippen LogP contribution in [0.5, 0.6) is 0 Å². The Labute approximate surface area is 202 Å². The number of hydrogen-bond acceptors (Lipinski definition) is 4. The summed E-state index contributed by atoms with van der Waals surface area (Å²) in [6.07, 6.45) is 1.06. The number of aromatic nitrogens is 2. The fraction of sp³-hybridized carbons (Fsp3) is 0.185. The molecule has 0 bridgehead atoms. The van der Waals surface area contributed by atoms with Crippen LogP contribution in [-0.2, 0) is 17.8 Å². The maximum Gasteiger partial charge on any atom is 0.278 e. The van der Waals surface area contributed by atoms with E-state index < -0.39 is 5.56 Å². The molecule has 0 saturated heterocycles. The Kier molecular flexibility index (Phi) is 6.89. The van der Waals surface area contributed by atoms with Crippen molar-refractivity contribution in [3.63, 3.8) is 0 Å². The highest BCUT2D eigenvalue weighted by Gasteiger charge is 2.19. The van der Waals surface area contributed by atoms with Crippen molar-refractivity contribution in [3.8, 4) is 11.3 Å². The molecule has 1 aromatic heterocycles. The van der Waals surface area contributed by atoms with E-state index in [1.54, 1.807) is 55.5 Å². The minimum absolute atomic E-state index is 0.152. The Morgan fingerprint density at radius 2 is 1.74 bits per heavy atom. The summed E-state index contributed by atoms with van der Waals surface area (Å²) >= 11 is 5.95. The molecule has 7 heteroatoms. The van der Waals surface area contributed by atoms with Crippen molar-refractivity contribution in [2.75, 3.05) is 5.32 Å². The van der Waals surface area contributed by atoms with Crippen molar-refractivity contribution >= 4 is 40.0 Å². The molecule has 0 fully saturated rings. The first kappa shape index (κ1) is 23.4. The molecule has 1 N–H and O–H groups in total. The molecule has 3 aromatic carbocycles. The number of nitrogens with zero attached hydrogens (tertiary/aromatic N) is 2. The lowest BCUT2D eigenvalue weighted by atomic mass is 10.0. The number of para-hydroxylation sites is 2. The van der Waals surface area contributed by atoms with Crippen molar-refractivity contribution in [2.45, 2.75) is 33.2 Å². The van der Waals surface area contributed by atoms with E-state index in [-0.39, 0.29) is 23.9 Å². The lowest BCUT2D eigenvalue weighted by Crippen LogP contribution is -2.27. The van der Waals surface area contributed by atoms with Crippen molar-refractivity contribution in [1.29, 1.82) is 0 Å². The summed E-state index contributed by atoms with van der Waals surface area (Å²) < 4.78 is 1.44. The third-order valence-electron chi connectivity index (χ3n) is 5.66. The number of halogens is 1. The molecule has 4 aromatic rings. The topological polar surface area (TPSA) is 81.1 Å². The monoisotopic (exact) mass is 473 g/mol. The van der Waals surface area contributed by atoms with Crippen LogP contribution in [0.15, 0.2) is 71.5 Å². The molecule has 1 heterocycles. The van der Waals surface area contributed by atoms with Gasteiger partial charge in [0, 0.05) is 22.6 Å². The van der Waals surface area contributed by atoms with Crippen molar-refractivity contribution in [1.82, 2.24) is 9.55 Å². The first-order valence-corrected chi connectivity index (χ1v) is 11.5. The lowest BCUT2D eigenvalue weighted by Gasteiger charge is -2.15. The van der Waals surface area contributed by atoms with Crippen LogP contribution in [0.4, 0.5) is 5.69 Å². The standard InChI is InChI=1S/C27H24ClN3O3/c1-3-17-9-14-21(29-25(33)4-2)20(15-17)26-27(34)31(23-8-6-5-7-22(23)30-26)16-24(32)18-10-12-19(28)13-11-18/h5-15H,3-4,16H2,1-2H3,(H,29,33). The van der Waals surface area contributed by atoms with Gasteiger partial charge in [-0.3, -0.25) is 19.0 Å². The van der Waals surface area contributed by atoms with Crippen LogP contribution in [0.1, 0.15) is 36.2 Å². The summed E-state index contributed by atoms with van der Waals surface area (Å²) in [4.78, 5) is 43.6. The van der Waals surface area contributed by atoms with Crippen LogP contribution >= 0.6 is 11.6 Å². The third-order valence-corrected chi connectivity index (χ3v) is 5.91. The number of rotatable bonds is 7. The molecule has 0 unspecified atom stereocenters. The van der Waals surface area contributed by atoms with E-state index in [4.69, 9.17) is 11.6 Å². The predicted molar refractivity (Wildman–Crippen MR) is 136 cm³/mol. The van der Waals surface area contributed by atoms with Gasteiger partial charge in [-0.05, 0) is 60.5 Å². The van der Waals surface area contributed by atoms with Gasteiger partial charge in [-0.2, -0.15) is 0 Å². The normalized spacial score (nSPS) is 10.9. The highest BCUT2D eigenvalue weighted by Crippen LogP contribution is 2.28. The van der Waals surface area contributed by atoms with E-state index in [1.807, 2.05) is 25.1 Å². The second-order valence-corrected chi connectivity index (χ2v) is 8.34. The molecule has 172 valence electrons. The van der Waals surface area contributed by atoms with Crippen molar-refractivity contribution in [2.24, 2.45) is 0 Å². The van der Waals surface area contributed by atoms with Crippen LogP contribution < -0.4 is 10.9 Å². The van der Waals surface area contributed by atoms with Crippen LogP contribution in [-0.4, -0.2) is 21.2 Å². The number of carbonyl (C=O) groups is 2. The molecule has 0 aliphatic heterocycles. The Balaban J connectivity index is 1.90. The summed E-state index contributed by atoms with van der Waals surface area (Å²) in [5.41, 5.74) is 3.43. The lowest BCUT2D eigenvalue weighted by molar-refractivity contribution is -0.115. The Morgan fingerprint density at radius 1 is 1.00 bits per heavy atom. The first-order valence-electron chi connectivity index (χ1n) is 11.1. The predicted octanol–water partition coefficient (Wildman–Crippen LogP) is 5.51. The Morgan fingerprint density at radius 3 is 2.44 bits per heavy atom. The van der Waals surface area contributed by atoms with Gasteiger partial charge in [-0.15, -0.1) is 0 Å². The number of nitrogens with one attached hydrogen (secondary N) is 1. The number of carbonyl (C=O) groups excluding carboxylic acids is 2. The average Bonchev–Trinajstić information content (AvgIpc) is 2.86. The van der Waals surface area contributed by atoms with Crippen molar-refractivity contribution < 1.29 is 9.59 Å². The van der Waals surface area contributed by atoms with Gasteiger partial charge in [-0.25, -0.2) is 4.98 Å². The number of anilines is 1. The highest BCUT2D eigenvalue weighted by atomic mass is 35.5. The number of benzene rings is 3. The average molecular weight is 474 g/mol. The molecule has 0 aliphatic carbocycles. The third kappa shape index (κ3) is 4.77. The zero-order valence-electron chi connectivity index (χ0n) is 19.0. The largest absolute Gasteiger partial charge is 0.325 e. The molecule has 0 radical (unpaired) electrons. The molecule has 0 atom stereocenters. The van der Waals surface area contributed by atoms with Gasteiger partial charge >= 0.3 is 0 Å². The summed E-state index contributed by atoms with van der Waals surface area (Å²) in [6, 6.07) is 19.4. The number of ketones is 1. The van der Waals surface area contributed by atoms with Gasteiger partial charge in [-0.1, -0.05) is 43.6 Å². The summed E-state index contributed by atoms with van der Waals surface area (Å²) in [5, 5.41) is 3.40. The second-order valence-electron chi connectivity index (χ2n) is 7.91. The minimum Gasteiger partial charge on any atom is -0.325 e. The molecular weight excluding hydrogens is 450 g/mol. The quantitative estimate of drug-likeness (QED) is 0.359. The number of hydrogen-bond donors (Lipinski definition) is 1. The van der Waals surface area contributed by atoms with Crippen LogP contribution in [0.25, 0.3) is 22.3 Å². The Hall–Kier alpha value is -3.77. The van der Waals surface area contributed by atoms with Crippen LogP contribution in [0, 0.1) is 0 Å². The maximum atomic E-state index is 13.7. The summed E-state index contributed by atoms with van der Waals surface area (Å²) in [5.74, 6) is -0.382. The zero-order valence-corrected chi connectivity index (χ0v) is 19.7. The fourth-order valence-corrected chi connectivity index (χ4v) is 3.88. The minimum atomic E-state index is -0.402. The number of aryl methyl sites for hydroxylation is 1. The number of Topliss-reactive ketones (excluding diaryl/α,β-unsaturated/α-hetero) is 1. The number of fused-ring (bicyclic) bond motifs is 1. The van der Waals surface area contributed by atoms with Gasteiger partial charge in [0.2, 0.25) is 5.91 Å². The molecular formula is C27H24ClN3O3. The van der Waals surface area contributed by atoms with Gasteiger partial charge in [0.05, 0.1) is 23.3 Å². The Bertz CT molecular complexity index is 1440. The summed E-state index contributed by atoms with van der Waals surface area (Å²) in [6.45, 7) is 3.62. The molecule has 6 nitrogen and oxygen atoms in total. The number of amides is 1. The van der Waals surface area contributed by atoms with E-state index in [1.165, 1.54) is 4.57 Å². The van der Waals surface area contributed by atoms with Crippen LogP contribution in [0.3, 0.4) is 0 Å². The smallest absolute Gasteiger partial charge is 0.278 e. The SMILES string of the molecule is CCC(=O)Nc1ccc(CC)cc1-c1nc2ccccc2n(CC(=O)c2ccc(Cl)cc2)c1=O. The van der Waals surface area contributed by atoms with Gasteiger partial charge in [0.1, 0.15) is 5.69 Å². The van der Waals surface area contributed by atoms with E-state index >= 15 is 0 Å². The molecule has 34 heavy (non-hydrogen) atoms. The van der Waals surface area contributed by atoms with E-state index in [0.29, 0.717) is 39.3 Å². The summed E-state index contributed by atoms with van der Waals surface area (Å²) in [7, 11) is 0. The van der Waals surface area contributed by atoms with Gasteiger partial charge in [0.15, 0.2) is 5.78 Å². The zero-order chi connectivity index (χ0) is 24.2. The van der Waals surface area contributed by atoms with E-state index in [9.17, 15) is 14.4 Å². The highest BCUT2D eigenvalue weighted by molar-refractivity contribution is 6.30. The maximum absolute atomic E-state index is 13.7. The van der Waals surface area contributed by atoms with E-state index in [2.05, 4.69) is 10.3 Å². The first-order chi connectivity index (χ1) is 16.4. The molecule has 1 amide bonds. The van der Waals surface area contributed by atoms with Gasteiger partial charge < -0.3 is 5.32 Å². The van der Waals surface area contributed by atoms with Crippen LogP contribution in [0.2, 0.25) is 5.02 Å². The molecule has 4 rings (SSSR count). The second kappa shape index (κ2) is 10.0. The van der Waals surface area contributed by atoms with Crippen molar-refractivity contribution in [3.05, 3.63) is 93.2 Å². The molecule has 0 spiro atoms.